The zero-order valence-corrected chi connectivity index (χ0v) is 22.1. The number of nitrogens with zero attached hydrogens (tertiary/aromatic N) is 2. The van der Waals surface area contributed by atoms with Crippen LogP contribution in [0.15, 0.2) is 59.0 Å². The van der Waals surface area contributed by atoms with Gasteiger partial charge in [0.05, 0.1) is 20.8 Å². The molecule has 0 saturated carbocycles. The van der Waals surface area contributed by atoms with Gasteiger partial charge in [-0.05, 0) is 80.8 Å². The molecule has 0 bridgehead atoms. The Morgan fingerprint density at radius 2 is 1.70 bits per heavy atom. The van der Waals surface area contributed by atoms with Gasteiger partial charge in [0.15, 0.2) is 11.5 Å². The Morgan fingerprint density at radius 1 is 1.00 bits per heavy atom. The monoisotopic (exact) mass is 510 g/mol. The van der Waals surface area contributed by atoms with E-state index >= 15 is 0 Å². The molecule has 0 saturated heterocycles. The third-order valence-electron chi connectivity index (χ3n) is 6.39. The average Bonchev–Trinajstić information content (AvgIpc) is 3.33. The molecule has 2 aromatic carbocycles. The highest BCUT2D eigenvalue weighted by Gasteiger charge is 2.26. The van der Waals surface area contributed by atoms with E-state index in [1.54, 1.807) is 24.0 Å². The maximum Gasteiger partial charge on any atom is 0.254 e. The Hall–Kier alpha value is -3.81. The smallest absolute Gasteiger partial charge is 0.254 e. The first-order valence-corrected chi connectivity index (χ1v) is 12.4. The fourth-order valence-corrected chi connectivity index (χ4v) is 4.00. The second kappa shape index (κ2) is 12.9. The molecule has 0 fully saturated rings. The number of halogens is 1. The summed E-state index contributed by atoms with van der Waals surface area (Å²) in [6.45, 7) is 6.30. The van der Waals surface area contributed by atoms with Crippen molar-refractivity contribution in [1.29, 1.82) is 0 Å². The van der Waals surface area contributed by atoms with Crippen LogP contribution < -0.4 is 9.47 Å². The Kier molecular flexibility index (Phi) is 9.71. The first-order chi connectivity index (χ1) is 17.7. The number of hydrogen-bond acceptors (Lipinski definition) is 5. The van der Waals surface area contributed by atoms with Crippen molar-refractivity contribution >= 4 is 11.8 Å². The summed E-state index contributed by atoms with van der Waals surface area (Å²) in [5.41, 5.74) is 1.32. The Labute approximate surface area is 217 Å². The molecular formula is C29H35FN2O5. The molecule has 3 aromatic rings. The van der Waals surface area contributed by atoms with Crippen LogP contribution in [-0.4, -0.2) is 55.0 Å². The van der Waals surface area contributed by atoms with Gasteiger partial charge >= 0.3 is 0 Å². The van der Waals surface area contributed by atoms with Crippen molar-refractivity contribution in [3.8, 4) is 11.5 Å². The molecule has 0 radical (unpaired) electrons. The second-order valence-corrected chi connectivity index (χ2v) is 8.96. The quantitative estimate of drug-likeness (QED) is 0.333. The Bertz CT molecular complexity index is 1190. The Balaban J connectivity index is 1.81. The van der Waals surface area contributed by atoms with Crippen LogP contribution in [0.4, 0.5) is 4.39 Å². The molecule has 7 nitrogen and oxygen atoms in total. The van der Waals surface area contributed by atoms with Crippen LogP contribution in [0.3, 0.4) is 0 Å². The molecule has 0 spiro atoms. The van der Waals surface area contributed by atoms with Crippen molar-refractivity contribution in [3.05, 3.63) is 83.1 Å². The number of furan rings is 1. The zero-order chi connectivity index (χ0) is 26.9. The SMILES string of the molecule is CC[C@H](C)N(CC(=O)N(CCc1ccc(OC)c(OC)c1)Cc1ccc(C)o1)C(=O)c1ccc(F)cc1. The van der Waals surface area contributed by atoms with Gasteiger partial charge in [-0.15, -0.1) is 0 Å². The molecule has 1 atom stereocenters. The highest BCUT2D eigenvalue weighted by molar-refractivity contribution is 5.96. The molecule has 0 N–H and O–H groups in total. The van der Waals surface area contributed by atoms with Crippen molar-refractivity contribution in [2.24, 2.45) is 0 Å². The van der Waals surface area contributed by atoms with Gasteiger partial charge < -0.3 is 23.7 Å². The molecule has 0 aliphatic heterocycles. The van der Waals surface area contributed by atoms with E-state index < -0.39 is 5.82 Å². The van der Waals surface area contributed by atoms with E-state index in [-0.39, 0.29) is 30.9 Å². The zero-order valence-electron chi connectivity index (χ0n) is 22.1. The fourth-order valence-electron chi connectivity index (χ4n) is 4.00. The summed E-state index contributed by atoms with van der Waals surface area (Å²) in [6, 6.07) is 14.6. The summed E-state index contributed by atoms with van der Waals surface area (Å²) in [6.07, 6.45) is 1.24. The number of ether oxygens (including phenoxy) is 2. The summed E-state index contributed by atoms with van der Waals surface area (Å²) in [7, 11) is 3.16. The topological polar surface area (TPSA) is 72.2 Å². The van der Waals surface area contributed by atoms with Crippen LogP contribution in [0.2, 0.25) is 0 Å². The van der Waals surface area contributed by atoms with Gasteiger partial charge in [-0.1, -0.05) is 13.0 Å². The lowest BCUT2D eigenvalue weighted by Gasteiger charge is -2.31. The molecule has 198 valence electrons. The molecule has 0 unspecified atom stereocenters. The molecule has 0 aliphatic rings. The minimum Gasteiger partial charge on any atom is -0.493 e. The fraction of sp³-hybridized carbons (Fsp3) is 0.379. The van der Waals surface area contributed by atoms with Gasteiger partial charge in [-0.25, -0.2) is 4.39 Å². The minimum atomic E-state index is -0.419. The molecule has 1 aromatic heterocycles. The minimum absolute atomic E-state index is 0.100. The first-order valence-electron chi connectivity index (χ1n) is 12.4. The second-order valence-electron chi connectivity index (χ2n) is 8.96. The van der Waals surface area contributed by atoms with Gasteiger partial charge in [0.2, 0.25) is 5.91 Å². The number of carbonyl (C=O) groups is 2. The highest BCUT2D eigenvalue weighted by atomic mass is 19.1. The lowest BCUT2D eigenvalue weighted by molar-refractivity contribution is -0.133. The predicted octanol–water partition coefficient (Wildman–Crippen LogP) is 5.26. The number of amides is 2. The van der Waals surface area contributed by atoms with Gasteiger partial charge in [-0.2, -0.15) is 0 Å². The number of carbonyl (C=O) groups excluding carboxylic acids is 2. The lowest BCUT2D eigenvalue weighted by Crippen LogP contribution is -2.46. The standard InChI is InChI=1S/C29H35FN2O5/c1-6-20(2)32(29(34)23-9-11-24(30)12-10-23)19-28(33)31(18-25-13-7-21(3)37-25)16-15-22-8-14-26(35-4)27(17-22)36-5/h7-14,17,20H,6,15-16,18-19H2,1-5H3/t20-/m0/s1. The number of benzene rings is 2. The molecule has 1 heterocycles. The maximum atomic E-state index is 13.6. The summed E-state index contributed by atoms with van der Waals surface area (Å²) < 4.78 is 29.9. The van der Waals surface area contributed by atoms with E-state index in [0.717, 1.165) is 11.3 Å². The van der Waals surface area contributed by atoms with Crippen molar-refractivity contribution in [2.45, 2.75) is 46.2 Å². The molecule has 37 heavy (non-hydrogen) atoms. The molecule has 3 rings (SSSR count). The van der Waals surface area contributed by atoms with Crippen LogP contribution in [0, 0.1) is 12.7 Å². The van der Waals surface area contributed by atoms with Crippen LogP contribution >= 0.6 is 0 Å². The third kappa shape index (κ3) is 7.35. The third-order valence-corrected chi connectivity index (χ3v) is 6.39. The summed E-state index contributed by atoms with van der Waals surface area (Å²) in [5, 5.41) is 0. The van der Waals surface area contributed by atoms with E-state index in [1.807, 2.05) is 51.1 Å². The van der Waals surface area contributed by atoms with Crippen LogP contribution in [0.5, 0.6) is 11.5 Å². The summed E-state index contributed by atoms with van der Waals surface area (Å²) >= 11 is 0. The Morgan fingerprint density at radius 3 is 2.30 bits per heavy atom. The normalized spacial score (nSPS) is 11.6. The number of hydrogen-bond donors (Lipinski definition) is 0. The van der Waals surface area contributed by atoms with E-state index in [0.29, 0.717) is 42.2 Å². The van der Waals surface area contributed by atoms with Crippen molar-refractivity contribution in [1.82, 2.24) is 9.80 Å². The van der Waals surface area contributed by atoms with Gasteiger partial charge in [0.25, 0.3) is 5.91 Å². The van der Waals surface area contributed by atoms with Gasteiger partial charge in [-0.3, -0.25) is 9.59 Å². The molecular weight excluding hydrogens is 475 g/mol. The number of aryl methyl sites for hydroxylation is 1. The van der Waals surface area contributed by atoms with E-state index in [9.17, 15) is 14.0 Å². The average molecular weight is 511 g/mol. The van der Waals surface area contributed by atoms with E-state index in [1.165, 1.54) is 24.3 Å². The van der Waals surface area contributed by atoms with Crippen LogP contribution in [-0.2, 0) is 17.8 Å². The number of methoxy groups -OCH3 is 2. The van der Waals surface area contributed by atoms with Crippen molar-refractivity contribution in [3.63, 3.8) is 0 Å². The van der Waals surface area contributed by atoms with E-state index in [4.69, 9.17) is 13.9 Å². The maximum absolute atomic E-state index is 13.6. The van der Waals surface area contributed by atoms with Gasteiger partial charge in [0, 0.05) is 18.2 Å². The summed E-state index contributed by atoms with van der Waals surface area (Å²) in [4.78, 5) is 30.1. The van der Waals surface area contributed by atoms with Crippen molar-refractivity contribution in [2.75, 3.05) is 27.3 Å². The van der Waals surface area contributed by atoms with Crippen LogP contribution in [0.25, 0.3) is 0 Å². The van der Waals surface area contributed by atoms with Crippen LogP contribution in [0.1, 0.15) is 47.7 Å². The molecule has 2 amide bonds. The first kappa shape index (κ1) is 27.8. The predicted molar refractivity (Wildman–Crippen MR) is 139 cm³/mol. The van der Waals surface area contributed by atoms with Gasteiger partial charge in [0.1, 0.15) is 23.9 Å². The number of rotatable bonds is 12. The van der Waals surface area contributed by atoms with Crippen molar-refractivity contribution < 1.29 is 27.9 Å². The largest absolute Gasteiger partial charge is 0.493 e. The molecule has 8 heteroatoms. The van der Waals surface area contributed by atoms with E-state index in [2.05, 4.69) is 0 Å². The summed E-state index contributed by atoms with van der Waals surface area (Å²) in [5.74, 6) is 1.74. The lowest BCUT2D eigenvalue weighted by atomic mass is 10.1. The molecule has 0 aliphatic carbocycles. The highest BCUT2D eigenvalue weighted by Crippen LogP contribution is 2.28.